The zero-order chi connectivity index (χ0) is 13.4. The third kappa shape index (κ3) is 4.44. The lowest BCUT2D eigenvalue weighted by Crippen LogP contribution is -2.34. The molecule has 1 aromatic rings. The molecule has 0 heterocycles. The molecule has 1 unspecified atom stereocenters. The largest absolute Gasteiger partial charge is 0.394 e. The van der Waals surface area contributed by atoms with Gasteiger partial charge in [-0.2, -0.15) is 0 Å². The van der Waals surface area contributed by atoms with E-state index in [2.05, 4.69) is 10.6 Å². The average molecular weight is 252 g/mol. The Morgan fingerprint density at radius 1 is 1.39 bits per heavy atom. The molecule has 4 N–H and O–H groups in total. The van der Waals surface area contributed by atoms with Crippen LogP contribution in [0.1, 0.15) is 15.9 Å². The van der Waals surface area contributed by atoms with Gasteiger partial charge < -0.3 is 20.8 Å². The first-order chi connectivity index (χ1) is 8.69. The molecule has 1 atom stereocenters. The van der Waals surface area contributed by atoms with Gasteiger partial charge in [0.15, 0.2) is 0 Å². The average Bonchev–Trinajstić information content (AvgIpc) is 2.42. The highest BCUT2D eigenvalue weighted by Gasteiger charge is 2.11. The molecule has 1 aromatic carbocycles. The summed E-state index contributed by atoms with van der Waals surface area (Å²) in [5, 5.41) is 23.5. The highest BCUT2D eigenvalue weighted by Crippen LogP contribution is 2.09. The Kier molecular flexibility index (Phi) is 6.35. The van der Waals surface area contributed by atoms with Crippen molar-refractivity contribution in [3.63, 3.8) is 0 Å². The summed E-state index contributed by atoms with van der Waals surface area (Å²) in [6.45, 7) is 0.487. The summed E-state index contributed by atoms with van der Waals surface area (Å²) in [6, 6.07) is 7.37. The molecule has 0 bridgehead atoms. The van der Waals surface area contributed by atoms with Crippen LogP contribution < -0.4 is 10.6 Å². The minimum atomic E-state index is -0.918. The van der Waals surface area contributed by atoms with Crippen molar-refractivity contribution in [3.8, 4) is 0 Å². The molecule has 0 saturated heterocycles. The zero-order valence-electron chi connectivity index (χ0n) is 10.5. The van der Waals surface area contributed by atoms with Crippen LogP contribution in [0.15, 0.2) is 24.3 Å². The van der Waals surface area contributed by atoms with Crippen molar-refractivity contribution < 1.29 is 15.0 Å². The lowest BCUT2D eigenvalue weighted by Gasteiger charge is -2.12. The van der Waals surface area contributed by atoms with E-state index in [1.165, 1.54) is 0 Å². The molecule has 0 fully saturated rings. The number of aliphatic hydroxyl groups is 2. The van der Waals surface area contributed by atoms with Gasteiger partial charge in [0.2, 0.25) is 0 Å². The van der Waals surface area contributed by atoms with Crippen LogP contribution in [0.25, 0.3) is 0 Å². The van der Waals surface area contributed by atoms with E-state index in [4.69, 9.17) is 5.11 Å². The van der Waals surface area contributed by atoms with Crippen LogP contribution in [0, 0.1) is 0 Å². The molecule has 0 aromatic heterocycles. The Balaban J connectivity index is 2.66. The second kappa shape index (κ2) is 7.81. The van der Waals surface area contributed by atoms with E-state index in [-0.39, 0.29) is 19.1 Å². The maximum atomic E-state index is 11.9. The molecule has 0 spiro atoms. The predicted octanol–water partition coefficient (Wildman–Crippen LogP) is -0.469. The van der Waals surface area contributed by atoms with Crippen molar-refractivity contribution >= 4 is 5.91 Å². The smallest absolute Gasteiger partial charge is 0.251 e. The van der Waals surface area contributed by atoms with Crippen molar-refractivity contribution in [1.82, 2.24) is 10.6 Å². The molecule has 0 aliphatic rings. The Bertz CT molecular complexity index is 382. The summed E-state index contributed by atoms with van der Waals surface area (Å²) in [6.07, 6.45) is -0.152. The lowest BCUT2D eigenvalue weighted by atomic mass is 10.0. The van der Waals surface area contributed by atoms with Gasteiger partial charge in [-0.3, -0.25) is 4.79 Å². The number of carbonyl (C=O) groups is 1. The first kappa shape index (κ1) is 14.6. The lowest BCUT2D eigenvalue weighted by molar-refractivity contribution is 0.0801. The molecule has 0 radical (unpaired) electrons. The van der Waals surface area contributed by atoms with Crippen LogP contribution in [-0.4, -0.2) is 49.0 Å². The number of nitrogens with one attached hydrogen (secondary N) is 2. The molecule has 0 aliphatic carbocycles. The SMILES string of the molecule is CNCCc1ccccc1C(=O)NCC(O)CO. The predicted molar refractivity (Wildman–Crippen MR) is 69.5 cm³/mol. The molecule has 1 amide bonds. The van der Waals surface area contributed by atoms with Crippen molar-refractivity contribution in [1.29, 1.82) is 0 Å². The highest BCUT2D eigenvalue weighted by atomic mass is 16.3. The number of aliphatic hydroxyl groups excluding tert-OH is 2. The van der Waals surface area contributed by atoms with Crippen LogP contribution in [0.5, 0.6) is 0 Å². The monoisotopic (exact) mass is 252 g/mol. The fraction of sp³-hybridized carbons (Fsp3) is 0.462. The number of hydrogen-bond acceptors (Lipinski definition) is 4. The molecule has 5 nitrogen and oxygen atoms in total. The Labute approximate surface area is 107 Å². The number of rotatable bonds is 7. The quantitative estimate of drug-likeness (QED) is 0.529. The molecule has 1 rings (SSSR count). The number of carbonyl (C=O) groups excluding carboxylic acids is 1. The van der Waals surface area contributed by atoms with Gasteiger partial charge in [-0.25, -0.2) is 0 Å². The first-order valence-corrected chi connectivity index (χ1v) is 5.98. The van der Waals surface area contributed by atoms with Crippen LogP contribution in [-0.2, 0) is 6.42 Å². The molecular formula is C13H20N2O3. The first-order valence-electron chi connectivity index (χ1n) is 5.98. The van der Waals surface area contributed by atoms with Crippen molar-refractivity contribution in [3.05, 3.63) is 35.4 Å². The van der Waals surface area contributed by atoms with E-state index in [9.17, 15) is 9.90 Å². The minimum absolute atomic E-state index is 0.0513. The van der Waals surface area contributed by atoms with Crippen LogP contribution in [0.3, 0.4) is 0 Å². The van der Waals surface area contributed by atoms with Gasteiger partial charge in [0.05, 0.1) is 12.7 Å². The Morgan fingerprint density at radius 2 is 2.11 bits per heavy atom. The number of hydrogen-bond donors (Lipinski definition) is 4. The number of likely N-dealkylation sites (N-methyl/N-ethyl adjacent to an activating group) is 1. The summed E-state index contributed by atoms with van der Waals surface area (Å²) in [5.41, 5.74) is 1.57. The number of amides is 1. The van der Waals surface area contributed by atoms with Gasteiger partial charge in [0.1, 0.15) is 0 Å². The maximum Gasteiger partial charge on any atom is 0.251 e. The fourth-order valence-electron chi connectivity index (χ4n) is 1.59. The third-order valence-corrected chi connectivity index (χ3v) is 2.62. The normalized spacial score (nSPS) is 12.2. The van der Waals surface area contributed by atoms with E-state index in [0.717, 1.165) is 18.5 Å². The molecule has 100 valence electrons. The molecule has 18 heavy (non-hydrogen) atoms. The third-order valence-electron chi connectivity index (χ3n) is 2.62. The van der Waals surface area contributed by atoms with Crippen LogP contribution >= 0.6 is 0 Å². The zero-order valence-corrected chi connectivity index (χ0v) is 10.5. The fourth-order valence-corrected chi connectivity index (χ4v) is 1.59. The molecule has 5 heteroatoms. The van der Waals surface area contributed by atoms with Gasteiger partial charge in [0.25, 0.3) is 5.91 Å². The number of benzene rings is 1. The van der Waals surface area contributed by atoms with Crippen LogP contribution in [0.4, 0.5) is 0 Å². The summed E-state index contributed by atoms with van der Waals surface area (Å²) >= 11 is 0. The molecule has 0 saturated carbocycles. The van der Waals surface area contributed by atoms with Gasteiger partial charge in [-0.1, -0.05) is 18.2 Å². The van der Waals surface area contributed by atoms with Crippen LogP contribution in [0.2, 0.25) is 0 Å². The summed E-state index contributed by atoms with van der Waals surface area (Å²) in [7, 11) is 1.86. The Morgan fingerprint density at radius 3 is 2.78 bits per heavy atom. The van der Waals surface area contributed by atoms with E-state index < -0.39 is 6.10 Å². The van der Waals surface area contributed by atoms with E-state index >= 15 is 0 Å². The van der Waals surface area contributed by atoms with Crippen molar-refractivity contribution in [2.45, 2.75) is 12.5 Å². The molecular weight excluding hydrogens is 232 g/mol. The standard InChI is InChI=1S/C13H20N2O3/c1-14-7-6-10-4-2-3-5-12(10)13(18)15-8-11(17)9-16/h2-5,11,14,16-17H,6-9H2,1H3,(H,15,18). The maximum absolute atomic E-state index is 11.9. The topological polar surface area (TPSA) is 81.6 Å². The Hall–Kier alpha value is -1.43. The van der Waals surface area contributed by atoms with Crippen molar-refractivity contribution in [2.75, 3.05) is 26.7 Å². The minimum Gasteiger partial charge on any atom is -0.394 e. The van der Waals surface area contributed by atoms with Gasteiger partial charge in [-0.05, 0) is 31.6 Å². The molecule has 0 aliphatic heterocycles. The summed E-state index contributed by atoms with van der Waals surface area (Å²) in [5.74, 6) is -0.228. The van der Waals surface area contributed by atoms with Gasteiger partial charge in [-0.15, -0.1) is 0 Å². The summed E-state index contributed by atoms with van der Waals surface area (Å²) in [4.78, 5) is 11.9. The highest BCUT2D eigenvalue weighted by molar-refractivity contribution is 5.95. The van der Waals surface area contributed by atoms with E-state index in [0.29, 0.717) is 5.56 Å². The van der Waals surface area contributed by atoms with Crippen molar-refractivity contribution in [2.24, 2.45) is 0 Å². The second-order valence-corrected chi connectivity index (χ2v) is 4.06. The van der Waals surface area contributed by atoms with Gasteiger partial charge in [0, 0.05) is 12.1 Å². The summed E-state index contributed by atoms with van der Waals surface area (Å²) < 4.78 is 0. The van der Waals surface area contributed by atoms with E-state index in [1.807, 2.05) is 19.2 Å². The second-order valence-electron chi connectivity index (χ2n) is 4.06. The van der Waals surface area contributed by atoms with E-state index in [1.54, 1.807) is 12.1 Å². The van der Waals surface area contributed by atoms with Gasteiger partial charge >= 0.3 is 0 Å².